The molecule has 2 aromatic carbocycles. The zero-order valence-corrected chi connectivity index (χ0v) is 21.7. The zero-order valence-electron chi connectivity index (χ0n) is 15.4. The van der Waals surface area contributed by atoms with Crippen molar-refractivity contribution < 1.29 is 23.5 Å². The van der Waals surface area contributed by atoms with Gasteiger partial charge in [0.15, 0.2) is 6.61 Å². The Kier molecular flexibility index (Phi) is 8.47. The number of rotatable bonds is 7. The van der Waals surface area contributed by atoms with Crippen molar-refractivity contribution in [2.45, 2.75) is 0 Å². The van der Waals surface area contributed by atoms with Gasteiger partial charge in [-0.15, -0.1) is 0 Å². The highest BCUT2D eigenvalue weighted by Crippen LogP contribution is 2.36. The molecule has 1 amide bonds. The summed E-state index contributed by atoms with van der Waals surface area (Å²) in [5.74, 6) is -0.309. The molecule has 0 radical (unpaired) electrons. The first-order valence-corrected chi connectivity index (χ1v) is 11.6. The molecule has 0 unspecified atom stereocenters. The van der Waals surface area contributed by atoms with E-state index in [0.29, 0.717) is 20.3 Å². The van der Waals surface area contributed by atoms with Crippen LogP contribution >= 0.6 is 63.7 Å². The molecule has 1 N–H and O–H groups in total. The number of esters is 1. The molecule has 0 atom stereocenters. The van der Waals surface area contributed by atoms with Crippen molar-refractivity contribution in [3.63, 3.8) is 0 Å². The first kappa shape index (κ1) is 23.7. The highest BCUT2D eigenvalue weighted by molar-refractivity contribution is 9.11. The van der Waals surface area contributed by atoms with E-state index in [0.717, 1.165) is 8.95 Å². The van der Waals surface area contributed by atoms with E-state index in [4.69, 9.17) is 13.9 Å². The third-order valence-electron chi connectivity index (χ3n) is 3.60. The summed E-state index contributed by atoms with van der Waals surface area (Å²) in [6.07, 6.45) is 2.74. The number of hydrogen-bond acceptors (Lipinski definition) is 6. The molecule has 1 heterocycles. The smallest absolute Gasteiger partial charge is 0.379 e. The van der Waals surface area contributed by atoms with E-state index in [1.807, 2.05) is 0 Å². The molecule has 1 aromatic heterocycles. The molecule has 160 valence electrons. The third kappa shape index (κ3) is 6.76. The van der Waals surface area contributed by atoms with Crippen LogP contribution in [0.1, 0.15) is 16.1 Å². The Morgan fingerprint density at radius 2 is 1.77 bits per heavy atom. The van der Waals surface area contributed by atoms with Gasteiger partial charge in [0.2, 0.25) is 5.76 Å². The van der Waals surface area contributed by atoms with E-state index in [1.54, 1.807) is 36.4 Å². The predicted octanol–water partition coefficient (Wildman–Crippen LogP) is 6.08. The molecule has 7 nitrogen and oxygen atoms in total. The fourth-order valence-electron chi connectivity index (χ4n) is 2.27. The van der Waals surface area contributed by atoms with Crippen LogP contribution in [0, 0.1) is 0 Å². The van der Waals surface area contributed by atoms with Crippen molar-refractivity contribution in [2.75, 3.05) is 6.61 Å². The maximum atomic E-state index is 12.1. The number of ether oxygens (including phenoxy) is 2. The normalized spacial score (nSPS) is 10.8. The largest absolute Gasteiger partial charge is 0.481 e. The van der Waals surface area contributed by atoms with Crippen molar-refractivity contribution in [2.24, 2.45) is 5.10 Å². The van der Waals surface area contributed by atoms with Gasteiger partial charge in [0.05, 0.1) is 21.4 Å². The van der Waals surface area contributed by atoms with Crippen molar-refractivity contribution in [1.82, 2.24) is 5.43 Å². The molecule has 3 aromatic rings. The zero-order chi connectivity index (χ0) is 22.4. The maximum absolute atomic E-state index is 12.1. The van der Waals surface area contributed by atoms with Crippen LogP contribution in [0.5, 0.6) is 11.5 Å². The standard InChI is InChI=1S/C20H12Br4N2O5/c21-12-3-4-16(31-20(28)17-2-1-5-29-17)11(6-12)9-25-26-18(27)10-30-19-14(23)7-13(22)8-15(19)24/h1-9H,10H2,(H,26,27)/b25-9+. The second-order valence-electron chi connectivity index (χ2n) is 5.83. The minimum atomic E-state index is -0.648. The van der Waals surface area contributed by atoms with Crippen molar-refractivity contribution in [3.8, 4) is 11.5 Å². The van der Waals surface area contributed by atoms with Crippen molar-refractivity contribution in [3.05, 3.63) is 77.9 Å². The maximum Gasteiger partial charge on any atom is 0.379 e. The molecule has 0 spiro atoms. The second-order valence-corrected chi connectivity index (χ2v) is 9.37. The molecule has 3 rings (SSSR count). The topological polar surface area (TPSA) is 90.1 Å². The third-order valence-corrected chi connectivity index (χ3v) is 5.73. The summed E-state index contributed by atoms with van der Waals surface area (Å²) >= 11 is 13.5. The summed E-state index contributed by atoms with van der Waals surface area (Å²) in [6, 6.07) is 11.7. The molecule has 0 saturated carbocycles. The molecular weight excluding hydrogens is 668 g/mol. The lowest BCUT2D eigenvalue weighted by Gasteiger charge is -2.10. The number of hydrazone groups is 1. The lowest BCUT2D eigenvalue weighted by Crippen LogP contribution is -2.24. The number of nitrogens with zero attached hydrogens (tertiary/aromatic N) is 1. The number of carbonyl (C=O) groups excluding carboxylic acids is 2. The van der Waals surface area contributed by atoms with Crippen LogP contribution in [0.2, 0.25) is 0 Å². The molecular formula is C20H12Br4N2O5. The average Bonchev–Trinajstić information content (AvgIpc) is 3.24. The van der Waals surface area contributed by atoms with Crippen molar-refractivity contribution >= 4 is 81.8 Å². The molecule has 31 heavy (non-hydrogen) atoms. The number of benzene rings is 2. The van der Waals surface area contributed by atoms with E-state index in [9.17, 15) is 9.59 Å². The van der Waals surface area contributed by atoms with Crippen molar-refractivity contribution in [1.29, 1.82) is 0 Å². The van der Waals surface area contributed by atoms with Gasteiger partial charge in [-0.2, -0.15) is 5.10 Å². The van der Waals surface area contributed by atoms with Crippen LogP contribution in [0.25, 0.3) is 0 Å². The molecule has 0 fully saturated rings. The highest BCUT2D eigenvalue weighted by atomic mass is 79.9. The van der Waals surface area contributed by atoms with E-state index < -0.39 is 11.9 Å². The van der Waals surface area contributed by atoms with Gasteiger partial charge in [-0.1, -0.05) is 31.9 Å². The molecule has 0 aliphatic heterocycles. The number of nitrogens with one attached hydrogen (secondary N) is 1. The Labute approximate surface area is 210 Å². The second kappa shape index (κ2) is 11.1. The van der Waals surface area contributed by atoms with Gasteiger partial charge >= 0.3 is 5.97 Å². The van der Waals surface area contributed by atoms with E-state index in [-0.39, 0.29) is 18.1 Å². The quantitative estimate of drug-likeness (QED) is 0.142. The van der Waals surface area contributed by atoms with E-state index in [1.165, 1.54) is 18.5 Å². The molecule has 0 aliphatic carbocycles. The first-order chi connectivity index (χ1) is 14.8. The van der Waals surface area contributed by atoms with E-state index >= 15 is 0 Å². The summed E-state index contributed by atoms with van der Waals surface area (Å²) in [7, 11) is 0. The number of carbonyl (C=O) groups is 2. The highest BCUT2D eigenvalue weighted by Gasteiger charge is 2.14. The molecule has 0 aliphatic rings. The number of amides is 1. The summed E-state index contributed by atoms with van der Waals surface area (Å²) in [4.78, 5) is 24.2. The van der Waals surface area contributed by atoms with Gasteiger partial charge < -0.3 is 13.9 Å². The van der Waals surface area contributed by atoms with Gasteiger partial charge in [-0.05, 0) is 74.3 Å². The van der Waals surface area contributed by atoms with E-state index in [2.05, 4.69) is 74.2 Å². The Morgan fingerprint density at radius 1 is 1.03 bits per heavy atom. The number of hydrogen-bond donors (Lipinski definition) is 1. The van der Waals surface area contributed by atoms with Crippen LogP contribution < -0.4 is 14.9 Å². The summed E-state index contributed by atoms with van der Waals surface area (Å²) in [5, 5.41) is 3.91. The van der Waals surface area contributed by atoms with Crippen LogP contribution in [0.3, 0.4) is 0 Å². The van der Waals surface area contributed by atoms with Crippen LogP contribution in [0.4, 0.5) is 0 Å². The predicted molar refractivity (Wildman–Crippen MR) is 129 cm³/mol. The Balaban J connectivity index is 1.62. The Morgan fingerprint density at radius 3 is 2.45 bits per heavy atom. The fourth-order valence-corrected chi connectivity index (χ4v) is 5.14. The number of furan rings is 1. The van der Waals surface area contributed by atoms with Crippen LogP contribution in [-0.2, 0) is 4.79 Å². The lowest BCUT2D eigenvalue weighted by molar-refractivity contribution is -0.123. The molecule has 0 bridgehead atoms. The van der Waals surface area contributed by atoms with Crippen LogP contribution in [-0.4, -0.2) is 24.7 Å². The van der Waals surface area contributed by atoms with Crippen LogP contribution in [0.15, 0.2) is 76.1 Å². The SMILES string of the molecule is O=C(COc1c(Br)cc(Br)cc1Br)N/N=C/c1cc(Br)ccc1OC(=O)c1ccco1. The average molecular weight is 680 g/mol. The molecule has 11 heteroatoms. The first-order valence-electron chi connectivity index (χ1n) is 8.48. The summed E-state index contributed by atoms with van der Waals surface area (Å²) in [5.41, 5.74) is 2.84. The number of halogens is 4. The monoisotopic (exact) mass is 676 g/mol. The minimum absolute atomic E-state index is 0.0709. The Bertz CT molecular complexity index is 1110. The minimum Gasteiger partial charge on any atom is -0.481 e. The fraction of sp³-hybridized carbons (Fsp3) is 0.0500. The van der Waals surface area contributed by atoms with Gasteiger partial charge in [0.1, 0.15) is 11.5 Å². The van der Waals surface area contributed by atoms with Gasteiger partial charge in [-0.25, -0.2) is 10.2 Å². The van der Waals surface area contributed by atoms with Gasteiger partial charge in [0, 0.05) is 14.5 Å². The summed E-state index contributed by atoms with van der Waals surface area (Å²) in [6.45, 7) is -0.255. The summed E-state index contributed by atoms with van der Waals surface area (Å²) < 4.78 is 18.9. The lowest BCUT2D eigenvalue weighted by atomic mass is 10.2. The molecule has 0 saturated heterocycles. The van der Waals surface area contributed by atoms with Gasteiger partial charge in [0.25, 0.3) is 5.91 Å². The Hall–Kier alpha value is -1.95. The van der Waals surface area contributed by atoms with Gasteiger partial charge in [-0.3, -0.25) is 4.79 Å².